The summed E-state index contributed by atoms with van der Waals surface area (Å²) < 4.78 is 46.2. The molecular formula is C19H19Cl3F3N3O3. The normalized spacial score (nSPS) is 16.3. The molecule has 1 heterocycles. The van der Waals surface area contributed by atoms with Gasteiger partial charge in [0.15, 0.2) is 0 Å². The highest BCUT2D eigenvalue weighted by Crippen LogP contribution is 2.26. The van der Waals surface area contributed by atoms with E-state index in [2.05, 4.69) is 15.4 Å². The maximum Gasteiger partial charge on any atom is 0.573 e. The third-order valence-corrected chi connectivity index (χ3v) is 5.02. The second kappa shape index (κ2) is 11.0. The molecular weight excluding hydrogens is 482 g/mol. The fourth-order valence-electron chi connectivity index (χ4n) is 2.88. The highest BCUT2D eigenvalue weighted by molar-refractivity contribution is 6.42. The molecule has 12 heteroatoms. The summed E-state index contributed by atoms with van der Waals surface area (Å²) in [6, 6.07) is 9.25. The van der Waals surface area contributed by atoms with Gasteiger partial charge in [-0.15, -0.1) is 25.6 Å². The first kappa shape index (κ1) is 25.2. The number of piperazine rings is 1. The van der Waals surface area contributed by atoms with E-state index >= 15 is 0 Å². The zero-order valence-electron chi connectivity index (χ0n) is 15.9. The van der Waals surface area contributed by atoms with E-state index in [1.54, 1.807) is 23.1 Å². The van der Waals surface area contributed by atoms with Crippen LogP contribution in [0.2, 0.25) is 10.0 Å². The van der Waals surface area contributed by atoms with Crippen molar-refractivity contribution in [1.29, 1.82) is 0 Å². The SMILES string of the molecule is Cl.O=C(Nc1ccc(Cl)c(Cl)c1)N1CCNCC1COc1ccc(OC(F)(F)F)cc1. The summed E-state index contributed by atoms with van der Waals surface area (Å²) in [5, 5.41) is 6.67. The molecule has 1 aliphatic rings. The zero-order chi connectivity index (χ0) is 21.7. The second-order valence-corrected chi connectivity index (χ2v) is 7.25. The molecule has 170 valence electrons. The van der Waals surface area contributed by atoms with Gasteiger partial charge in [-0.25, -0.2) is 4.79 Å². The van der Waals surface area contributed by atoms with Gasteiger partial charge in [0.2, 0.25) is 0 Å². The maximum absolute atomic E-state index is 12.7. The molecule has 0 bridgehead atoms. The van der Waals surface area contributed by atoms with Crippen molar-refractivity contribution in [3.05, 3.63) is 52.5 Å². The van der Waals surface area contributed by atoms with Crippen LogP contribution < -0.4 is 20.1 Å². The smallest absolute Gasteiger partial charge is 0.491 e. The molecule has 3 rings (SSSR count). The van der Waals surface area contributed by atoms with Crippen LogP contribution in [0.25, 0.3) is 0 Å². The lowest BCUT2D eigenvalue weighted by atomic mass is 10.2. The summed E-state index contributed by atoms with van der Waals surface area (Å²) >= 11 is 11.9. The maximum atomic E-state index is 12.7. The largest absolute Gasteiger partial charge is 0.573 e. The van der Waals surface area contributed by atoms with E-state index in [1.807, 2.05) is 0 Å². The number of benzene rings is 2. The Morgan fingerprint density at radius 3 is 2.45 bits per heavy atom. The molecule has 1 aliphatic heterocycles. The Kier molecular flexibility index (Phi) is 8.93. The molecule has 2 amide bonds. The summed E-state index contributed by atoms with van der Waals surface area (Å²) in [5.41, 5.74) is 0.507. The predicted octanol–water partition coefficient (Wildman–Crippen LogP) is 5.20. The fraction of sp³-hybridized carbons (Fsp3) is 0.316. The van der Waals surface area contributed by atoms with Gasteiger partial charge in [-0.05, 0) is 42.5 Å². The van der Waals surface area contributed by atoms with Gasteiger partial charge in [-0.3, -0.25) is 0 Å². The van der Waals surface area contributed by atoms with Crippen LogP contribution in [-0.2, 0) is 0 Å². The summed E-state index contributed by atoms with van der Waals surface area (Å²) in [4.78, 5) is 14.3. The van der Waals surface area contributed by atoms with E-state index in [4.69, 9.17) is 27.9 Å². The minimum absolute atomic E-state index is 0. The van der Waals surface area contributed by atoms with Gasteiger partial charge in [-0.1, -0.05) is 23.2 Å². The molecule has 6 nitrogen and oxygen atoms in total. The third-order valence-electron chi connectivity index (χ3n) is 4.28. The molecule has 0 radical (unpaired) electrons. The average molecular weight is 501 g/mol. The molecule has 1 unspecified atom stereocenters. The number of nitrogens with zero attached hydrogens (tertiary/aromatic N) is 1. The van der Waals surface area contributed by atoms with Crippen LogP contribution in [0.1, 0.15) is 0 Å². The van der Waals surface area contributed by atoms with Crippen molar-refractivity contribution in [2.75, 3.05) is 31.6 Å². The summed E-state index contributed by atoms with van der Waals surface area (Å²) in [6.07, 6.45) is -4.75. The Balaban J connectivity index is 0.00000341. The molecule has 2 aromatic carbocycles. The van der Waals surface area contributed by atoms with Crippen LogP contribution in [0, 0.1) is 0 Å². The Bertz CT molecular complexity index is 885. The van der Waals surface area contributed by atoms with Gasteiger partial charge in [0.1, 0.15) is 18.1 Å². The second-order valence-electron chi connectivity index (χ2n) is 6.44. The monoisotopic (exact) mass is 499 g/mol. The predicted molar refractivity (Wildman–Crippen MR) is 115 cm³/mol. The van der Waals surface area contributed by atoms with Gasteiger partial charge in [-0.2, -0.15) is 0 Å². The quantitative estimate of drug-likeness (QED) is 0.593. The molecule has 0 spiro atoms. The van der Waals surface area contributed by atoms with Crippen LogP contribution in [0.15, 0.2) is 42.5 Å². The van der Waals surface area contributed by atoms with Gasteiger partial charge in [0.05, 0.1) is 16.1 Å². The van der Waals surface area contributed by atoms with Gasteiger partial charge in [0.25, 0.3) is 0 Å². The van der Waals surface area contributed by atoms with Crippen LogP contribution in [-0.4, -0.2) is 49.6 Å². The number of hydrogen-bond donors (Lipinski definition) is 2. The van der Waals surface area contributed by atoms with Crippen molar-refractivity contribution in [3.8, 4) is 11.5 Å². The van der Waals surface area contributed by atoms with E-state index in [-0.39, 0.29) is 36.8 Å². The standard InChI is InChI=1S/C19H18Cl2F3N3O3.ClH/c20-16-6-1-12(9-17(16)21)26-18(28)27-8-7-25-10-13(27)11-29-14-2-4-15(5-3-14)30-19(22,23)24;/h1-6,9,13,25H,7-8,10-11H2,(H,26,28);1H. The lowest BCUT2D eigenvalue weighted by Gasteiger charge is -2.36. The van der Waals surface area contributed by atoms with Gasteiger partial charge < -0.3 is 25.0 Å². The average Bonchev–Trinajstić information content (AvgIpc) is 2.69. The number of ether oxygens (including phenoxy) is 2. The number of hydrogen-bond acceptors (Lipinski definition) is 4. The van der Waals surface area contributed by atoms with E-state index in [0.29, 0.717) is 41.1 Å². The number of halogens is 6. The first-order valence-corrected chi connectivity index (χ1v) is 9.69. The van der Waals surface area contributed by atoms with Crippen molar-refractivity contribution >= 4 is 47.3 Å². The molecule has 2 aromatic rings. The number of carbonyl (C=O) groups excluding carboxylic acids is 1. The molecule has 0 aliphatic carbocycles. The number of urea groups is 1. The number of alkyl halides is 3. The first-order valence-electron chi connectivity index (χ1n) is 8.93. The van der Waals surface area contributed by atoms with Crippen molar-refractivity contribution in [1.82, 2.24) is 10.2 Å². The van der Waals surface area contributed by atoms with Crippen molar-refractivity contribution in [3.63, 3.8) is 0 Å². The lowest BCUT2D eigenvalue weighted by Crippen LogP contribution is -2.57. The van der Waals surface area contributed by atoms with Gasteiger partial charge in [0, 0.05) is 25.3 Å². The number of carbonyl (C=O) groups is 1. The number of amides is 2. The first-order chi connectivity index (χ1) is 14.2. The summed E-state index contributed by atoms with van der Waals surface area (Å²) in [7, 11) is 0. The molecule has 1 fully saturated rings. The minimum atomic E-state index is -4.75. The minimum Gasteiger partial charge on any atom is -0.491 e. The van der Waals surface area contributed by atoms with Crippen molar-refractivity contribution in [2.45, 2.75) is 12.4 Å². The van der Waals surface area contributed by atoms with Crippen molar-refractivity contribution < 1.29 is 27.4 Å². The van der Waals surface area contributed by atoms with E-state index in [9.17, 15) is 18.0 Å². The molecule has 0 saturated carbocycles. The zero-order valence-corrected chi connectivity index (χ0v) is 18.2. The van der Waals surface area contributed by atoms with Crippen LogP contribution in [0.5, 0.6) is 11.5 Å². The number of rotatable bonds is 5. The summed E-state index contributed by atoms with van der Waals surface area (Å²) in [5.74, 6) is 0.0248. The molecule has 31 heavy (non-hydrogen) atoms. The van der Waals surface area contributed by atoms with E-state index in [0.717, 1.165) is 12.1 Å². The van der Waals surface area contributed by atoms with Gasteiger partial charge >= 0.3 is 12.4 Å². The fourth-order valence-corrected chi connectivity index (χ4v) is 3.17. The van der Waals surface area contributed by atoms with Crippen LogP contribution in [0.3, 0.4) is 0 Å². The topological polar surface area (TPSA) is 62.8 Å². The van der Waals surface area contributed by atoms with Crippen LogP contribution >= 0.6 is 35.6 Å². The Hall–Kier alpha value is -2.07. The Morgan fingerprint density at radius 2 is 1.81 bits per heavy atom. The van der Waals surface area contributed by atoms with Crippen LogP contribution in [0.4, 0.5) is 23.7 Å². The molecule has 0 aromatic heterocycles. The molecule has 2 N–H and O–H groups in total. The molecule has 1 atom stereocenters. The lowest BCUT2D eigenvalue weighted by molar-refractivity contribution is -0.274. The highest BCUT2D eigenvalue weighted by Gasteiger charge is 2.31. The number of anilines is 1. The number of nitrogens with one attached hydrogen (secondary N) is 2. The molecule has 1 saturated heterocycles. The van der Waals surface area contributed by atoms with Crippen molar-refractivity contribution in [2.24, 2.45) is 0 Å². The Labute approximate surface area is 193 Å². The van der Waals surface area contributed by atoms with E-state index < -0.39 is 6.36 Å². The third kappa shape index (κ3) is 7.53. The highest BCUT2D eigenvalue weighted by atomic mass is 35.5. The Morgan fingerprint density at radius 1 is 1.13 bits per heavy atom. The van der Waals surface area contributed by atoms with E-state index in [1.165, 1.54) is 12.1 Å². The summed E-state index contributed by atoms with van der Waals surface area (Å²) in [6.45, 7) is 1.74.